The van der Waals surface area contributed by atoms with E-state index in [-0.39, 0.29) is 16.3 Å². The highest BCUT2D eigenvalue weighted by Gasteiger charge is 2.20. The smallest absolute Gasteiger partial charge is 0.267 e. The number of anilines is 1. The Balaban J connectivity index is 1.88. The van der Waals surface area contributed by atoms with Crippen LogP contribution < -0.4 is 10.9 Å². The third-order valence-electron chi connectivity index (χ3n) is 4.36. The van der Waals surface area contributed by atoms with E-state index < -0.39 is 11.5 Å². The molecule has 0 unspecified atom stereocenters. The largest absolute Gasteiger partial charge is 0.507 e. The topological polar surface area (TPSA) is 71.3 Å². The summed E-state index contributed by atoms with van der Waals surface area (Å²) in [5.41, 5.74) is 1.15. The summed E-state index contributed by atoms with van der Waals surface area (Å²) in [5, 5.41) is 13.4. The number of nitrogens with one attached hydrogen (secondary N) is 1. The van der Waals surface area contributed by atoms with Gasteiger partial charge in [0.1, 0.15) is 11.3 Å². The van der Waals surface area contributed by atoms with Crippen LogP contribution in [0.25, 0.3) is 0 Å². The molecule has 2 aromatic carbocycles. The van der Waals surface area contributed by atoms with Gasteiger partial charge in [-0.2, -0.15) is 0 Å². The van der Waals surface area contributed by atoms with Crippen molar-refractivity contribution in [2.45, 2.75) is 19.9 Å². The van der Waals surface area contributed by atoms with Crippen LogP contribution in [0.3, 0.4) is 0 Å². The third kappa shape index (κ3) is 4.38. The van der Waals surface area contributed by atoms with E-state index in [9.17, 15) is 14.7 Å². The molecule has 0 radical (unpaired) electrons. The molecule has 1 amide bonds. The van der Waals surface area contributed by atoms with Gasteiger partial charge in [0.25, 0.3) is 11.5 Å². The third-order valence-corrected chi connectivity index (χ3v) is 5.10. The first-order chi connectivity index (χ1) is 13.4. The van der Waals surface area contributed by atoms with Crippen LogP contribution in [0.4, 0.5) is 5.69 Å². The van der Waals surface area contributed by atoms with Gasteiger partial charge in [0.2, 0.25) is 0 Å². The van der Waals surface area contributed by atoms with E-state index in [1.807, 2.05) is 30.3 Å². The molecular weight excluding hydrogens is 399 g/mol. The van der Waals surface area contributed by atoms with Crippen LogP contribution in [0.2, 0.25) is 10.0 Å². The monoisotopic (exact) mass is 416 g/mol. The first-order valence-corrected chi connectivity index (χ1v) is 9.36. The fourth-order valence-electron chi connectivity index (χ4n) is 2.90. The lowest BCUT2D eigenvalue weighted by Crippen LogP contribution is -2.31. The van der Waals surface area contributed by atoms with Crippen molar-refractivity contribution in [2.24, 2.45) is 0 Å². The Labute approximate surface area is 172 Å². The summed E-state index contributed by atoms with van der Waals surface area (Å²) in [6.45, 7) is 2.11. The highest BCUT2D eigenvalue weighted by molar-refractivity contribution is 6.42. The average molecular weight is 417 g/mol. The SMILES string of the molecule is Cc1cc(O)c(C(=O)Nc2ccc(Cl)c(Cl)c2)c(=O)n1CCc1ccccc1. The second-order valence-corrected chi connectivity index (χ2v) is 7.14. The average Bonchev–Trinajstić information content (AvgIpc) is 2.65. The van der Waals surface area contributed by atoms with Crippen LogP contribution in [-0.2, 0) is 13.0 Å². The molecule has 0 spiro atoms. The number of carbonyl (C=O) groups excluding carboxylic acids is 1. The maximum atomic E-state index is 12.9. The van der Waals surface area contributed by atoms with E-state index in [1.54, 1.807) is 13.0 Å². The number of aromatic nitrogens is 1. The molecule has 1 aromatic heterocycles. The van der Waals surface area contributed by atoms with E-state index in [4.69, 9.17) is 23.2 Å². The molecule has 7 heteroatoms. The van der Waals surface area contributed by atoms with Crippen molar-refractivity contribution in [3.05, 3.63) is 91.8 Å². The van der Waals surface area contributed by atoms with Gasteiger partial charge in [-0.15, -0.1) is 0 Å². The zero-order valence-electron chi connectivity index (χ0n) is 15.1. The highest BCUT2D eigenvalue weighted by Crippen LogP contribution is 2.25. The van der Waals surface area contributed by atoms with Crippen LogP contribution in [0, 0.1) is 6.92 Å². The molecule has 0 aliphatic carbocycles. The zero-order chi connectivity index (χ0) is 20.3. The fraction of sp³-hybridized carbons (Fsp3) is 0.143. The minimum Gasteiger partial charge on any atom is -0.507 e. The van der Waals surface area contributed by atoms with Crippen LogP contribution in [-0.4, -0.2) is 15.6 Å². The van der Waals surface area contributed by atoms with E-state index in [0.717, 1.165) is 5.56 Å². The first kappa shape index (κ1) is 20.0. The van der Waals surface area contributed by atoms with Gasteiger partial charge in [0.05, 0.1) is 10.0 Å². The van der Waals surface area contributed by atoms with Gasteiger partial charge in [0, 0.05) is 24.0 Å². The minimum atomic E-state index is -0.714. The number of pyridine rings is 1. The molecule has 0 atom stereocenters. The highest BCUT2D eigenvalue weighted by atomic mass is 35.5. The Morgan fingerprint density at radius 2 is 1.79 bits per heavy atom. The Morgan fingerprint density at radius 3 is 2.46 bits per heavy atom. The standard InChI is InChI=1S/C21H18Cl2N2O3/c1-13-11-18(26)19(20(27)24-15-7-8-16(22)17(23)12-15)21(28)25(13)10-9-14-5-3-2-4-6-14/h2-8,11-12,26H,9-10H2,1H3,(H,24,27). The number of hydrogen-bond donors (Lipinski definition) is 2. The van der Waals surface area contributed by atoms with Crippen LogP contribution in [0.5, 0.6) is 5.75 Å². The molecule has 0 aliphatic heterocycles. The summed E-state index contributed by atoms with van der Waals surface area (Å²) in [5.74, 6) is -1.08. The Hall–Kier alpha value is -2.76. The second kappa shape index (κ2) is 8.50. The molecule has 2 N–H and O–H groups in total. The maximum Gasteiger partial charge on any atom is 0.267 e. The van der Waals surface area contributed by atoms with Crippen LogP contribution >= 0.6 is 23.2 Å². The van der Waals surface area contributed by atoms with Crippen molar-refractivity contribution in [1.82, 2.24) is 4.57 Å². The number of nitrogens with zero attached hydrogens (tertiary/aromatic N) is 1. The van der Waals surface area contributed by atoms with Gasteiger partial charge in [0.15, 0.2) is 0 Å². The summed E-state index contributed by atoms with van der Waals surface area (Å²) in [6.07, 6.45) is 0.625. The Kier molecular flexibility index (Phi) is 6.07. The van der Waals surface area contributed by atoms with Gasteiger partial charge in [-0.25, -0.2) is 0 Å². The van der Waals surface area contributed by atoms with Crippen molar-refractivity contribution in [3.63, 3.8) is 0 Å². The van der Waals surface area contributed by atoms with Crippen LogP contribution in [0.15, 0.2) is 59.4 Å². The van der Waals surface area contributed by atoms with Gasteiger partial charge in [-0.3, -0.25) is 9.59 Å². The summed E-state index contributed by atoms with van der Waals surface area (Å²) in [7, 11) is 0. The zero-order valence-corrected chi connectivity index (χ0v) is 16.6. The van der Waals surface area contributed by atoms with E-state index >= 15 is 0 Å². The number of hydrogen-bond acceptors (Lipinski definition) is 3. The van der Waals surface area contributed by atoms with Crippen molar-refractivity contribution in [2.75, 3.05) is 5.32 Å². The maximum absolute atomic E-state index is 12.9. The quantitative estimate of drug-likeness (QED) is 0.634. The summed E-state index contributed by atoms with van der Waals surface area (Å²) in [4.78, 5) is 25.5. The summed E-state index contributed by atoms with van der Waals surface area (Å²) < 4.78 is 1.48. The number of rotatable bonds is 5. The molecule has 0 saturated heterocycles. The van der Waals surface area contributed by atoms with E-state index in [0.29, 0.717) is 29.4 Å². The summed E-state index contributed by atoms with van der Waals surface area (Å²) in [6, 6.07) is 15.7. The van der Waals surface area contributed by atoms with Crippen molar-refractivity contribution >= 4 is 34.8 Å². The number of carbonyl (C=O) groups is 1. The van der Waals surface area contributed by atoms with Gasteiger partial charge in [-0.05, 0) is 37.1 Å². The van der Waals surface area contributed by atoms with Gasteiger partial charge < -0.3 is 15.0 Å². The molecule has 3 aromatic rings. The molecular formula is C21H18Cl2N2O3. The lowest BCUT2D eigenvalue weighted by molar-refractivity contribution is 0.102. The molecule has 0 fully saturated rings. The molecule has 28 heavy (non-hydrogen) atoms. The molecule has 5 nitrogen and oxygen atoms in total. The minimum absolute atomic E-state index is 0.271. The molecule has 1 heterocycles. The van der Waals surface area contributed by atoms with Gasteiger partial charge >= 0.3 is 0 Å². The first-order valence-electron chi connectivity index (χ1n) is 8.60. The van der Waals surface area contributed by atoms with Crippen molar-refractivity contribution in [1.29, 1.82) is 0 Å². The fourth-order valence-corrected chi connectivity index (χ4v) is 3.20. The Bertz CT molecular complexity index is 1080. The predicted molar refractivity (Wildman–Crippen MR) is 112 cm³/mol. The molecule has 0 aliphatic rings. The molecule has 0 saturated carbocycles. The van der Waals surface area contributed by atoms with Crippen molar-refractivity contribution in [3.8, 4) is 5.75 Å². The lowest BCUT2D eigenvalue weighted by Gasteiger charge is -2.14. The second-order valence-electron chi connectivity index (χ2n) is 6.32. The number of halogens is 2. The predicted octanol–water partition coefficient (Wildman–Crippen LogP) is 4.66. The number of aryl methyl sites for hydroxylation is 2. The van der Waals surface area contributed by atoms with Crippen molar-refractivity contribution < 1.29 is 9.90 Å². The Morgan fingerprint density at radius 1 is 1.07 bits per heavy atom. The molecule has 3 rings (SSSR count). The van der Waals surface area contributed by atoms with Crippen LogP contribution in [0.1, 0.15) is 21.6 Å². The number of benzene rings is 2. The number of amides is 1. The summed E-state index contributed by atoms with van der Waals surface area (Å²) >= 11 is 11.8. The normalized spacial score (nSPS) is 10.7. The van der Waals surface area contributed by atoms with Gasteiger partial charge in [-0.1, -0.05) is 53.5 Å². The molecule has 0 bridgehead atoms. The molecule has 144 valence electrons. The van der Waals surface area contributed by atoms with E-state index in [2.05, 4.69) is 5.32 Å². The lowest BCUT2D eigenvalue weighted by atomic mass is 10.1. The van der Waals surface area contributed by atoms with E-state index in [1.165, 1.54) is 22.8 Å². The number of aromatic hydroxyl groups is 1.